The minimum Gasteiger partial charge on any atom is -0.496 e. The van der Waals surface area contributed by atoms with Crippen molar-refractivity contribution in [3.8, 4) is 28.7 Å². The average molecular weight is 1710 g/mol. The fraction of sp³-hybridized carbons (Fsp3) is 0.573. The molecule has 9 heterocycles. The van der Waals surface area contributed by atoms with Crippen LogP contribution in [-0.2, 0) is 70.6 Å². The zero-order valence-corrected chi connectivity index (χ0v) is 68.7. The monoisotopic (exact) mass is 1710 g/mol. The van der Waals surface area contributed by atoms with Crippen LogP contribution in [0.15, 0.2) is 99.9 Å². The number of ether oxygens (including phenoxy) is 14. The molecule has 2 N–H and O–H groups in total. The summed E-state index contributed by atoms with van der Waals surface area (Å²) in [5.41, 5.74) is 5.14. The molecule has 0 aliphatic carbocycles. The summed E-state index contributed by atoms with van der Waals surface area (Å²) in [6, 6.07) is 28.8. The molecule has 5 aromatic carbocycles. The van der Waals surface area contributed by atoms with Crippen molar-refractivity contribution in [2.24, 2.45) is 0 Å². The highest BCUT2D eigenvalue weighted by Gasteiger charge is 2.64. The van der Waals surface area contributed by atoms with Gasteiger partial charge in [-0.25, -0.2) is 0 Å². The lowest BCUT2D eigenvalue weighted by atomic mass is 9.49. The molecule has 0 spiro atoms. The molecule has 30 heteroatoms. The van der Waals surface area contributed by atoms with E-state index in [0.29, 0.717) is 74.1 Å². The zero-order chi connectivity index (χ0) is 76.9. The van der Waals surface area contributed by atoms with Crippen molar-refractivity contribution in [2.75, 3.05) is 128 Å². The van der Waals surface area contributed by atoms with Crippen molar-refractivity contribution in [1.29, 1.82) is 0 Å². The first-order valence-corrected chi connectivity index (χ1v) is 37.6. The molecule has 5 aromatic rings. The Labute approximate surface area is 650 Å². The third-order valence-corrected chi connectivity index (χ3v) is 20.9. The largest absolute Gasteiger partial charge is 0.496 e. The van der Waals surface area contributed by atoms with Gasteiger partial charge in [-0.05, 0) is 166 Å². The molecule has 9 fully saturated rings. The number of benzene rings is 5. The SMILES string of the molecule is CC1(C)OB(B2OC(C)(C)C(C)(C)O2)OC1(C)C.COc1ccc(B2OC(C)(C)C(C)(C)O2)cc1C1OCCO1.COc1ccc(Br)cc1C1OCCO1.COc1ccc(Br)cc1C=O.COc1ccc(C2COC2)cc1C1OCCO1.COc1ccc(C2COC2)cc1C=O.IC1COC1.OCCO. The van der Waals surface area contributed by atoms with Crippen molar-refractivity contribution in [1.82, 2.24) is 0 Å². The fourth-order valence-corrected chi connectivity index (χ4v) is 12.0. The molecule has 24 nitrogen and oxygen atoms in total. The van der Waals surface area contributed by atoms with Gasteiger partial charge in [0.05, 0.1) is 182 Å². The van der Waals surface area contributed by atoms with E-state index >= 15 is 0 Å². The number of aliphatic hydroxyl groups excluding tert-OH is 2. The van der Waals surface area contributed by atoms with Gasteiger partial charge < -0.3 is 104 Å². The molecule has 9 aliphatic rings. The highest BCUT2D eigenvalue weighted by Crippen LogP contribution is 2.44. The van der Waals surface area contributed by atoms with Gasteiger partial charge in [0.2, 0.25) is 0 Å². The van der Waals surface area contributed by atoms with Crippen LogP contribution in [0.1, 0.15) is 162 Å². The van der Waals surface area contributed by atoms with E-state index in [4.69, 9.17) is 104 Å². The molecular weight excluding hydrogens is 1600 g/mol. The maximum absolute atomic E-state index is 10.8. The van der Waals surface area contributed by atoms with E-state index in [1.54, 1.807) is 40.6 Å². The van der Waals surface area contributed by atoms with E-state index < -0.39 is 27.4 Å². The van der Waals surface area contributed by atoms with Gasteiger partial charge in [0, 0.05) is 31.9 Å². The summed E-state index contributed by atoms with van der Waals surface area (Å²) in [5, 5.41) is 15.2. The van der Waals surface area contributed by atoms with E-state index in [1.807, 2.05) is 150 Å². The second-order valence-corrected chi connectivity index (χ2v) is 31.7. The Bertz CT molecular complexity index is 3440. The third kappa shape index (κ3) is 23.8. The summed E-state index contributed by atoms with van der Waals surface area (Å²) in [6.07, 6.45) is 0.622. The van der Waals surface area contributed by atoms with Crippen molar-refractivity contribution in [3.63, 3.8) is 0 Å². The number of methoxy groups -OCH3 is 5. The molecule has 0 atom stereocenters. The lowest BCUT2D eigenvalue weighted by molar-refractivity contribution is -0.0459. The van der Waals surface area contributed by atoms with E-state index in [1.165, 1.54) is 12.7 Å². The normalized spacial score (nSPS) is 20.9. The number of hydrogen-bond donors (Lipinski definition) is 2. The van der Waals surface area contributed by atoms with E-state index in [2.05, 4.69) is 66.6 Å². The highest BCUT2D eigenvalue weighted by atomic mass is 127. The van der Waals surface area contributed by atoms with Crippen molar-refractivity contribution >= 4 is 93.6 Å². The number of alkyl halides is 1. The number of carbonyl (C=O) groups is 2. The van der Waals surface area contributed by atoms with Crippen molar-refractivity contribution in [2.45, 2.75) is 151 Å². The first-order chi connectivity index (χ1) is 49.8. The standard InChI is InChI=1S/C16H23BO5.C13H16O4.C12H24B2O4.C11H12O3.C10H11BrO3.C8H7BrO2.C3H5IO.C2H6O2/c1-15(2)16(3,4)22-17(21-15)11-6-7-13(18-5)12(10-11)14-19-8-9-20-14;1-14-12-3-2-9(10-7-15-8-10)6-11(12)13-16-4-5-17-13;1-9(2)10(3,4)16-13(15-9)14-17-11(5,6)12(7,8)18-14;1-13-11-3-2-8(4-9(11)5-12)10-6-14-7-10;1-12-9-3-2-7(11)6-8(9)10-13-4-5-14-10;1-11-8-3-2-7(9)4-6(8)5-10;4-3-1-5-2-3;3-1-2-4/h6-7,10,14H,8-9H2,1-5H3;2-3,6,10,13H,4-5,7-8H2,1H3;1-8H3;2-5,10H,6-7H2,1H3;2-3,6,10H,4-5H2,1H3;2-5H,1H3;3H,1-2H2;3-4H,1-2H2. The second-order valence-electron chi connectivity index (χ2n) is 28.1. The van der Waals surface area contributed by atoms with E-state index in [9.17, 15) is 9.59 Å². The quantitative estimate of drug-likeness (QED) is 0.0427. The summed E-state index contributed by atoms with van der Waals surface area (Å²) in [7, 11) is 6.69. The van der Waals surface area contributed by atoms with Crippen molar-refractivity contribution < 1.29 is 114 Å². The van der Waals surface area contributed by atoms with Crippen LogP contribution in [0.5, 0.6) is 28.7 Å². The Morgan fingerprint density at radius 1 is 0.410 bits per heavy atom. The van der Waals surface area contributed by atoms with Gasteiger partial charge in [-0.3, -0.25) is 9.59 Å². The van der Waals surface area contributed by atoms with Gasteiger partial charge in [0.15, 0.2) is 31.4 Å². The number of halogens is 3. The summed E-state index contributed by atoms with van der Waals surface area (Å²) in [6.45, 7) is 32.9. The van der Waals surface area contributed by atoms with Crippen LogP contribution in [0.25, 0.3) is 0 Å². The number of hydrogen-bond acceptors (Lipinski definition) is 24. The van der Waals surface area contributed by atoms with Gasteiger partial charge in [0.1, 0.15) is 28.7 Å². The van der Waals surface area contributed by atoms with Gasteiger partial charge in [0.25, 0.3) is 0 Å². The Kier molecular flexibility index (Phi) is 33.9. The van der Waals surface area contributed by atoms with Crippen LogP contribution < -0.4 is 29.1 Å². The van der Waals surface area contributed by atoms with Crippen LogP contribution in [-0.4, -0.2) is 209 Å². The van der Waals surface area contributed by atoms with E-state index in [0.717, 1.165) is 110 Å². The van der Waals surface area contributed by atoms with Crippen LogP contribution in [0.2, 0.25) is 0 Å². The molecule has 0 aromatic heterocycles. The molecule has 0 unspecified atom stereocenters. The molecule has 9 aliphatic heterocycles. The molecule has 0 saturated carbocycles. The molecule has 578 valence electrons. The second kappa shape index (κ2) is 40.5. The molecule has 0 radical (unpaired) electrons. The summed E-state index contributed by atoms with van der Waals surface area (Å²) < 4.78 is 113. The topological polar surface area (TPSA) is 259 Å². The minimum atomic E-state index is -0.476. The summed E-state index contributed by atoms with van der Waals surface area (Å²) in [5.74, 6) is 4.53. The van der Waals surface area contributed by atoms with Gasteiger partial charge in [-0.2, -0.15) is 0 Å². The number of rotatable bonds is 15. The molecule has 105 heavy (non-hydrogen) atoms. The van der Waals surface area contributed by atoms with Crippen LogP contribution >= 0.6 is 54.5 Å². The zero-order valence-electron chi connectivity index (χ0n) is 63.4. The van der Waals surface area contributed by atoms with Gasteiger partial charge in [-0.15, -0.1) is 0 Å². The Balaban J connectivity index is 0.000000173. The average Bonchev–Trinajstić information content (AvgIpc) is 1.63. The maximum atomic E-state index is 10.8. The first-order valence-electron chi connectivity index (χ1n) is 34.8. The number of carbonyl (C=O) groups excluding carboxylic acids is 2. The van der Waals surface area contributed by atoms with E-state index in [-0.39, 0.29) is 59.4 Å². The maximum Gasteiger partial charge on any atom is 0.494 e. The Hall–Kier alpha value is -4.36. The van der Waals surface area contributed by atoms with Crippen LogP contribution in [0.4, 0.5) is 0 Å². The molecule has 14 rings (SSSR count). The Morgan fingerprint density at radius 2 is 0.705 bits per heavy atom. The van der Waals surface area contributed by atoms with Gasteiger partial charge in [-0.1, -0.05) is 78.7 Å². The molecule has 0 bridgehead atoms. The fourth-order valence-electron chi connectivity index (χ4n) is 10.7. The highest BCUT2D eigenvalue weighted by molar-refractivity contribution is 14.1. The Morgan fingerprint density at radius 3 is 1.04 bits per heavy atom. The van der Waals surface area contributed by atoms with Crippen LogP contribution in [0.3, 0.4) is 0 Å². The predicted molar refractivity (Wildman–Crippen MR) is 413 cm³/mol. The smallest absolute Gasteiger partial charge is 0.494 e. The lowest BCUT2D eigenvalue weighted by Crippen LogP contribution is -2.41. The predicted octanol–water partition coefficient (Wildman–Crippen LogP) is 12.3. The first kappa shape index (κ1) is 87.9. The number of aldehydes is 2. The molecule has 0 amide bonds. The molecule has 9 saturated heterocycles. The number of aliphatic hydroxyl groups is 2. The van der Waals surface area contributed by atoms with Crippen LogP contribution in [0, 0.1) is 0 Å². The summed E-state index contributed by atoms with van der Waals surface area (Å²) in [4.78, 5) is 21.2. The lowest BCUT2D eigenvalue weighted by Gasteiger charge is -2.32. The third-order valence-electron chi connectivity index (χ3n) is 19.2. The summed E-state index contributed by atoms with van der Waals surface area (Å²) >= 11 is 9.03. The van der Waals surface area contributed by atoms with Crippen molar-refractivity contribution in [3.05, 3.63) is 139 Å². The van der Waals surface area contributed by atoms with Gasteiger partial charge >= 0.3 is 21.1 Å². The minimum absolute atomic E-state index is 0.125. The molecular formula is C75H104B3Br2IO24.